The van der Waals surface area contributed by atoms with Crippen LogP contribution in [0.4, 0.5) is 11.4 Å². The number of carbonyl (C=O) groups is 2. The Morgan fingerprint density at radius 2 is 1.42 bits per heavy atom. The quantitative estimate of drug-likeness (QED) is 0.214. The molecule has 188 valence electrons. The molecule has 5 heteroatoms. The number of amides is 2. The van der Waals surface area contributed by atoms with Gasteiger partial charge in [0.25, 0.3) is 5.91 Å². The Labute approximate surface area is 227 Å². The van der Waals surface area contributed by atoms with Crippen LogP contribution in [0.1, 0.15) is 32.3 Å². The third-order valence-electron chi connectivity index (χ3n) is 6.56. The van der Waals surface area contributed by atoms with Crippen molar-refractivity contribution in [2.45, 2.75) is 24.0 Å². The van der Waals surface area contributed by atoms with Gasteiger partial charge < -0.3 is 10.6 Å². The van der Waals surface area contributed by atoms with E-state index in [0.717, 1.165) is 38.0 Å². The normalized spacial score (nSPS) is 11.6. The van der Waals surface area contributed by atoms with Gasteiger partial charge in [-0.1, -0.05) is 78.9 Å². The fourth-order valence-electron chi connectivity index (χ4n) is 4.30. The molecule has 0 heterocycles. The van der Waals surface area contributed by atoms with Crippen LogP contribution >= 0.6 is 11.8 Å². The van der Waals surface area contributed by atoms with Gasteiger partial charge in [0, 0.05) is 21.8 Å². The fourth-order valence-corrected chi connectivity index (χ4v) is 5.39. The van der Waals surface area contributed by atoms with Crippen LogP contribution in [0.25, 0.3) is 10.8 Å². The van der Waals surface area contributed by atoms with Crippen molar-refractivity contribution >= 4 is 45.7 Å². The number of anilines is 2. The lowest BCUT2D eigenvalue weighted by Gasteiger charge is -2.19. The molecule has 38 heavy (non-hydrogen) atoms. The molecule has 2 amide bonds. The number of nitrogens with one attached hydrogen (secondary N) is 2. The molecule has 5 aromatic carbocycles. The van der Waals surface area contributed by atoms with Gasteiger partial charge in [0.1, 0.15) is 5.25 Å². The number of thioether (sulfide) groups is 1. The third kappa shape index (κ3) is 5.79. The number of aryl methyl sites for hydroxylation is 1. The number of benzene rings is 5. The molecule has 0 saturated heterocycles. The number of carbonyl (C=O) groups excluding carboxylic acids is 2. The van der Waals surface area contributed by atoms with Crippen LogP contribution in [0.15, 0.2) is 120 Å². The minimum absolute atomic E-state index is 0.0968. The highest BCUT2D eigenvalue weighted by atomic mass is 32.2. The Kier molecular flexibility index (Phi) is 7.57. The molecule has 0 radical (unpaired) electrons. The van der Waals surface area contributed by atoms with Gasteiger partial charge in [-0.2, -0.15) is 0 Å². The maximum atomic E-state index is 13.5. The third-order valence-corrected chi connectivity index (χ3v) is 7.81. The summed E-state index contributed by atoms with van der Waals surface area (Å²) in [7, 11) is 0. The molecule has 0 bridgehead atoms. The van der Waals surface area contributed by atoms with Crippen LogP contribution in [0.3, 0.4) is 0 Å². The molecule has 5 aromatic rings. The summed E-state index contributed by atoms with van der Waals surface area (Å²) in [6, 6.07) is 36.9. The average Bonchev–Trinajstić information content (AvgIpc) is 2.94. The average molecular weight is 517 g/mol. The van der Waals surface area contributed by atoms with E-state index in [9.17, 15) is 9.59 Å². The fraction of sp³-hybridized carbons (Fsp3) is 0.0909. The molecule has 5 rings (SSSR count). The van der Waals surface area contributed by atoms with Gasteiger partial charge in [0.15, 0.2) is 0 Å². The zero-order valence-corrected chi connectivity index (χ0v) is 22.1. The van der Waals surface area contributed by atoms with Crippen LogP contribution in [-0.4, -0.2) is 11.8 Å². The van der Waals surface area contributed by atoms with Crippen LogP contribution in [-0.2, 0) is 4.79 Å². The Balaban J connectivity index is 1.36. The van der Waals surface area contributed by atoms with E-state index in [2.05, 4.69) is 10.6 Å². The van der Waals surface area contributed by atoms with Crippen molar-refractivity contribution in [3.8, 4) is 0 Å². The maximum absolute atomic E-state index is 13.5. The first-order chi connectivity index (χ1) is 18.5. The maximum Gasteiger partial charge on any atom is 0.255 e. The highest BCUT2D eigenvalue weighted by molar-refractivity contribution is 8.00. The summed E-state index contributed by atoms with van der Waals surface area (Å²) in [6.07, 6.45) is 0. The lowest BCUT2D eigenvalue weighted by atomic mass is 10.1. The molecular formula is C33H28N2O2S. The largest absolute Gasteiger partial charge is 0.325 e. The van der Waals surface area contributed by atoms with Crippen molar-refractivity contribution in [3.63, 3.8) is 0 Å². The van der Waals surface area contributed by atoms with Crippen LogP contribution < -0.4 is 10.6 Å². The second kappa shape index (κ2) is 11.4. The van der Waals surface area contributed by atoms with Crippen molar-refractivity contribution in [1.82, 2.24) is 0 Å². The summed E-state index contributed by atoms with van der Waals surface area (Å²) >= 11 is 1.45. The SMILES string of the molecule is Cc1cccc(NC(=O)C(Sc2cccc(NC(=O)c3ccc4ccccc4c3)c2)c2ccccc2)c1C. The molecule has 4 nitrogen and oxygen atoms in total. The van der Waals surface area contributed by atoms with E-state index in [-0.39, 0.29) is 11.8 Å². The van der Waals surface area contributed by atoms with E-state index >= 15 is 0 Å². The first-order valence-corrected chi connectivity index (χ1v) is 13.3. The topological polar surface area (TPSA) is 58.2 Å². The molecule has 0 aliphatic heterocycles. The van der Waals surface area contributed by atoms with Crippen LogP contribution in [0.2, 0.25) is 0 Å². The van der Waals surface area contributed by atoms with Gasteiger partial charge in [0.2, 0.25) is 5.91 Å². The minimum atomic E-state index is -0.470. The first kappa shape index (κ1) is 25.3. The zero-order chi connectivity index (χ0) is 26.5. The van der Waals surface area contributed by atoms with Crippen molar-refractivity contribution < 1.29 is 9.59 Å². The smallest absolute Gasteiger partial charge is 0.255 e. The van der Waals surface area contributed by atoms with Crippen molar-refractivity contribution in [2.24, 2.45) is 0 Å². The van der Waals surface area contributed by atoms with Gasteiger partial charge in [-0.3, -0.25) is 9.59 Å². The minimum Gasteiger partial charge on any atom is -0.325 e. The Morgan fingerprint density at radius 3 is 2.24 bits per heavy atom. The summed E-state index contributed by atoms with van der Waals surface area (Å²) in [6.45, 7) is 4.05. The highest BCUT2D eigenvalue weighted by Crippen LogP contribution is 2.37. The number of rotatable bonds is 7. The second-order valence-corrected chi connectivity index (χ2v) is 10.4. The molecule has 0 aliphatic rings. The Hall–Kier alpha value is -4.35. The van der Waals surface area contributed by atoms with Crippen molar-refractivity contribution in [3.05, 3.63) is 138 Å². The van der Waals surface area contributed by atoms with Gasteiger partial charge >= 0.3 is 0 Å². The van der Waals surface area contributed by atoms with Gasteiger partial charge in [-0.25, -0.2) is 0 Å². The van der Waals surface area contributed by atoms with E-state index in [4.69, 9.17) is 0 Å². The lowest BCUT2D eigenvalue weighted by molar-refractivity contribution is -0.115. The van der Waals surface area contributed by atoms with Gasteiger partial charge in [-0.05, 0) is 77.7 Å². The van der Waals surface area contributed by atoms with E-state index in [0.29, 0.717) is 11.3 Å². The summed E-state index contributed by atoms with van der Waals surface area (Å²) in [5.74, 6) is -0.273. The van der Waals surface area contributed by atoms with Crippen molar-refractivity contribution in [2.75, 3.05) is 10.6 Å². The van der Waals surface area contributed by atoms with Crippen molar-refractivity contribution in [1.29, 1.82) is 0 Å². The number of hydrogen-bond acceptors (Lipinski definition) is 3. The number of hydrogen-bond donors (Lipinski definition) is 2. The van der Waals surface area contributed by atoms with E-state index < -0.39 is 5.25 Å². The summed E-state index contributed by atoms with van der Waals surface area (Å²) in [5.41, 5.74) is 5.17. The second-order valence-electron chi connectivity index (χ2n) is 9.19. The summed E-state index contributed by atoms with van der Waals surface area (Å²) in [5, 5.41) is 7.77. The molecular weight excluding hydrogens is 488 g/mol. The van der Waals surface area contributed by atoms with Crippen LogP contribution in [0.5, 0.6) is 0 Å². The molecule has 1 atom stereocenters. The van der Waals surface area contributed by atoms with E-state index in [1.807, 2.05) is 129 Å². The standard InChI is InChI=1S/C33H28N2O2S/c1-22-10-8-17-30(23(22)2)35-33(37)31(25-12-4-3-5-13-25)38-29-16-9-15-28(21-29)34-32(36)27-19-18-24-11-6-7-14-26(24)20-27/h3-21,31H,1-2H3,(H,34,36)(H,35,37). The monoisotopic (exact) mass is 516 g/mol. The Morgan fingerprint density at radius 1 is 0.684 bits per heavy atom. The molecule has 0 aliphatic carbocycles. The predicted octanol–water partition coefficient (Wildman–Crippen LogP) is 8.18. The Bertz CT molecular complexity index is 1610. The predicted molar refractivity (Wildman–Crippen MR) is 158 cm³/mol. The highest BCUT2D eigenvalue weighted by Gasteiger charge is 2.23. The summed E-state index contributed by atoms with van der Waals surface area (Å²) < 4.78 is 0. The summed E-state index contributed by atoms with van der Waals surface area (Å²) in [4.78, 5) is 27.4. The lowest BCUT2D eigenvalue weighted by Crippen LogP contribution is -2.19. The van der Waals surface area contributed by atoms with E-state index in [1.54, 1.807) is 0 Å². The zero-order valence-electron chi connectivity index (χ0n) is 21.3. The first-order valence-electron chi connectivity index (χ1n) is 12.5. The van der Waals surface area contributed by atoms with Gasteiger partial charge in [-0.15, -0.1) is 11.8 Å². The van der Waals surface area contributed by atoms with Crippen LogP contribution in [0, 0.1) is 13.8 Å². The molecule has 0 fully saturated rings. The molecule has 2 N–H and O–H groups in total. The van der Waals surface area contributed by atoms with E-state index in [1.165, 1.54) is 11.8 Å². The number of fused-ring (bicyclic) bond motifs is 1. The molecule has 0 saturated carbocycles. The molecule has 0 aromatic heterocycles. The molecule has 1 unspecified atom stereocenters. The van der Waals surface area contributed by atoms with Gasteiger partial charge in [0.05, 0.1) is 0 Å². The molecule has 0 spiro atoms.